The summed E-state index contributed by atoms with van der Waals surface area (Å²) in [5.41, 5.74) is 0.814. The van der Waals surface area contributed by atoms with Gasteiger partial charge in [-0.25, -0.2) is 0 Å². The minimum Gasteiger partial charge on any atom is -0.0885 e. The lowest BCUT2D eigenvalue weighted by Gasteiger charge is -2.43. The topological polar surface area (TPSA) is 0 Å². The minimum atomic E-state index is 0.814. The van der Waals surface area contributed by atoms with E-state index in [4.69, 9.17) is 0 Å². The van der Waals surface area contributed by atoms with Crippen molar-refractivity contribution in [2.45, 2.75) is 52.4 Å². The van der Waals surface area contributed by atoms with Gasteiger partial charge in [-0.2, -0.15) is 0 Å². The predicted octanol–water partition coefficient (Wildman–Crippen LogP) is 3.92. The normalized spacial score (nSPS) is 25.3. The van der Waals surface area contributed by atoms with E-state index in [2.05, 4.69) is 12.2 Å². The molecule has 0 saturated heterocycles. The van der Waals surface area contributed by atoms with Gasteiger partial charge in [0, 0.05) is 0 Å². The zero-order chi connectivity index (χ0) is 8.16. The maximum atomic E-state index is 2.38. The van der Waals surface area contributed by atoms with Gasteiger partial charge in [-0.15, -0.1) is 0 Å². The summed E-state index contributed by atoms with van der Waals surface area (Å²) in [5, 5.41) is 0. The smallest absolute Gasteiger partial charge is 0.0260 e. The van der Waals surface area contributed by atoms with Crippen molar-refractivity contribution in [3.8, 4) is 0 Å². The molecule has 1 saturated carbocycles. The molecule has 2 rings (SSSR count). The molecule has 0 aromatic rings. The van der Waals surface area contributed by atoms with Gasteiger partial charge in [-0.3, -0.25) is 0 Å². The van der Waals surface area contributed by atoms with Gasteiger partial charge in [-0.05, 0) is 37.5 Å². The molecular formula is C11H20. The van der Waals surface area contributed by atoms with E-state index in [1.165, 1.54) is 38.5 Å². The zero-order valence-electron chi connectivity index (χ0n) is 7.90. The Morgan fingerprint density at radius 3 is 2.00 bits per heavy atom. The molecule has 0 N–H and O–H groups in total. The Morgan fingerprint density at radius 2 is 1.73 bits per heavy atom. The highest BCUT2D eigenvalue weighted by atomic mass is 14.4. The number of allylic oxidation sites excluding steroid dienone is 2. The van der Waals surface area contributed by atoms with E-state index in [-0.39, 0.29) is 0 Å². The fraction of sp³-hybridized carbons (Fsp3) is 0.818. The first-order valence-corrected chi connectivity index (χ1v) is 5.06. The van der Waals surface area contributed by atoms with Crippen LogP contribution in [-0.2, 0) is 0 Å². The summed E-state index contributed by atoms with van der Waals surface area (Å²) >= 11 is 0. The van der Waals surface area contributed by atoms with Crippen molar-refractivity contribution in [2.24, 2.45) is 5.41 Å². The van der Waals surface area contributed by atoms with Gasteiger partial charge in [0.2, 0.25) is 0 Å². The largest absolute Gasteiger partial charge is 0.0885 e. The maximum absolute atomic E-state index is 2.38. The highest BCUT2D eigenvalue weighted by molar-refractivity contribution is 5.01. The number of hydrogen-bond donors (Lipinski definition) is 0. The van der Waals surface area contributed by atoms with Gasteiger partial charge in [0.1, 0.15) is 0 Å². The molecule has 0 amide bonds. The molecule has 0 bridgehead atoms. The van der Waals surface area contributed by atoms with Crippen LogP contribution in [-0.4, -0.2) is 0 Å². The quantitative estimate of drug-likeness (QED) is 0.461. The lowest BCUT2D eigenvalue weighted by Crippen LogP contribution is -2.29. The summed E-state index contributed by atoms with van der Waals surface area (Å²) in [6, 6.07) is 0. The third-order valence-electron chi connectivity index (χ3n) is 2.97. The van der Waals surface area contributed by atoms with E-state index in [0.29, 0.717) is 0 Å². The maximum Gasteiger partial charge on any atom is -0.0260 e. The molecule has 0 unspecified atom stereocenters. The Labute approximate surface area is 70.7 Å². The van der Waals surface area contributed by atoms with Crippen molar-refractivity contribution >= 4 is 0 Å². The summed E-state index contributed by atoms with van der Waals surface area (Å²) in [6.07, 6.45) is 13.4. The summed E-state index contributed by atoms with van der Waals surface area (Å²) in [6.45, 7) is 4.00. The lowest BCUT2D eigenvalue weighted by atomic mass is 9.62. The Kier molecular flexibility index (Phi) is 3.16. The first kappa shape index (κ1) is 8.83. The van der Waals surface area contributed by atoms with Gasteiger partial charge in [0.05, 0.1) is 0 Å². The van der Waals surface area contributed by atoms with Crippen molar-refractivity contribution in [1.29, 1.82) is 0 Å². The molecule has 0 radical (unpaired) electrons. The molecule has 2 aliphatic carbocycles. The Morgan fingerprint density at radius 1 is 1.00 bits per heavy atom. The minimum absolute atomic E-state index is 0.814. The van der Waals surface area contributed by atoms with Gasteiger partial charge >= 0.3 is 0 Å². The second-order valence-electron chi connectivity index (χ2n) is 3.57. The summed E-state index contributed by atoms with van der Waals surface area (Å²) < 4.78 is 0. The Bertz CT molecular complexity index is 129. The van der Waals surface area contributed by atoms with Crippen LogP contribution in [0.5, 0.6) is 0 Å². The van der Waals surface area contributed by atoms with Crippen LogP contribution < -0.4 is 0 Å². The van der Waals surface area contributed by atoms with Crippen LogP contribution in [0.3, 0.4) is 0 Å². The number of hydrogen-bond acceptors (Lipinski definition) is 0. The second-order valence-corrected chi connectivity index (χ2v) is 3.57. The van der Waals surface area contributed by atoms with Crippen LogP contribution in [0.4, 0.5) is 0 Å². The molecule has 0 atom stereocenters. The lowest BCUT2D eigenvalue weighted by molar-refractivity contribution is 0.119. The Hall–Kier alpha value is -0.260. The van der Waals surface area contributed by atoms with E-state index < -0.39 is 0 Å². The standard InChI is InChI=1S/C9H14.C2H6/c1-2-5-9(6-3-1)7-4-8-9;1-2/h1-2H,3-8H2;1-2H3. The monoisotopic (exact) mass is 152 g/mol. The molecule has 0 nitrogen and oxygen atoms in total. The summed E-state index contributed by atoms with van der Waals surface area (Å²) in [4.78, 5) is 0. The summed E-state index contributed by atoms with van der Waals surface area (Å²) in [7, 11) is 0. The van der Waals surface area contributed by atoms with E-state index in [1.54, 1.807) is 0 Å². The van der Waals surface area contributed by atoms with Crippen LogP contribution in [0.1, 0.15) is 52.4 Å². The second kappa shape index (κ2) is 3.94. The molecule has 0 aliphatic heterocycles. The van der Waals surface area contributed by atoms with Gasteiger partial charge in [-0.1, -0.05) is 32.4 Å². The van der Waals surface area contributed by atoms with Crippen LogP contribution in [0, 0.1) is 5.41 Å². The molecule has 0 heteroatoms. The SMILES string of the molecule is C1=CCC2(CC1)CCC2.CC. The highest BCUT2D eigenvalue weighted by Gasteiger charge is 2.35. The van der Waals surface area contributed by atoms with Crippen LogP contribution in [0.15, 0.2) is 12.2 Å². The summed E-state index contributed by atoms with van der Waals surface area (Å²) in [5.74, 6) is 0. The third kappa shape index (κ3) is 1.85. The molecule has 1 fully saturated rings. The van der Waals surface area contributed by atoms with Crippen molar-refractivity contribution in [1.82, 2.24) is 0 Å². The van der Waals surface area contributed by atoms with Gasteiger partial charge < -0.3 is 0 Å². The number of rotatable bonds is 0. The molecule has 0 aromatic carbocycles. The van der Waals surface area contributed by atoms with Crippen LogP contribution in [0.2, 0.25) is 0 Å². The average molecular weight is 152 g/mol. The van der Waals surface area contributed by atoms with E-state index in [0.717, 1.165) is 5.41 Å². The molecule has 2 aliphatic rings. The first-order chi connectivity index (χ1) is 5.41. The van der Waals surface area contributed by atoms with Crippen molar-refractivity contribution in [3.63, 3.8) is 0 Å². The highest BCUT2D eigenvalue weighted by Crippen LogP contribution is 2.49. The third-order valence-corrected chi connectivity index (χ3v) is 2.97. The first-order valence-electron chi connectivity index (χ1n) is 5.06. The van der Waals surface area contributed by atoms with E-state index in [9.17, 15) is 0 Å². The Balaban J connectivity index is 0.000000281. The fourth-order valence-electron chi connectivity index (χ4n) is 2.07. The average Bonchev–Trinajstić information content (AvgIpc) is 2.07. The molecule has 1 spiro atoms. The molecule has 11 heavy (non-hydrogen) atoms. The van der Waals surface area contributed by atoms with Crippen molar-refractivity contribution in [2.75, 3.05) is 0 Å². The molecule has 0 aromatic heterocycles. The van der Waals surface area contributed by atoms with Crippen molar-refractivity contribution in [3.05, 3.63) is 12.2 Å². The zero-order valence-corrected chi connectivity index (χ0v) is 7.90. The van der Waals surface area contributed by atoms with E-state index >= 15 is 0 Å². The van der Waals surface area contributed by atoms with Crippen LogP contribution >= 0.6 is 0 Å². The molecule has 0 heterocycles. The fourth-order valence-corrected chi connectivity index (χ4v) is 2.07. The van der Waals surface area contributed by atoms with Crippen LogP contribution in [0.25, 0.3) is 0 Å². The van der Waals surface area contributed by atoms with Gasteiger partial charge in [0.25, 0.3) is 0 Å². The van der Waals surface area contributed by atoms with E-state index in [1.807, 2.05) is 13.8 Å². The van der Waals surface area contributed by atoms with Gasteiger partial charge in [0.15, 0.2) is 0 Å². The molecule has 64 valence electrons. The molecular weight excluding hydrogens is 132 g/mol. The predicted molar refractivity (Wildman–Crippen MR) is 50.6 cm³/mol. The van der Waals surface area contributed by atoms with Crippen molar-refractivity contribution < 1.29 is 0 Å².